The number of rotatable bonds is 48. The SMILES string of the molecule is CCCCCCCCCCCCCCCCCCCCCCOC(COCCCCCCCCCCCCCCCCCC)C(=O)N(C)CC(O)C(O)C(O)C(O)CO. The summed E-state index contributed by atoms with van der Waals surface area (Å²) < 4.78 is 12.0. The van der Waals surface area contributed by atoms with Gasteiger partial charge < -0.3 is 39.9 Å². The Balaban J connectivity index is 4.25. The van der Waals surface area contributed by atoms with E-state index >= 15 is 0 Å². The van der Waals surface area contributed by atoms with E-state index in [0.717, 1.165) is 32.1 Å². The predicted molar refractivity (Wildman–Crippen MR) is 247 cm³/mol. The maximum absolute atomic E-state index is 13.4. The molecule has 0 saturated carbocycles. The highest BCUT2D eigenvalue weighted by Gasteiger charge is 2.32. The molecule has 5 atom stereocenters. The van der Waals surface area contributed by atoms with Crippen LogP contribution in [-0.4, -0.2) is 107 Å². The fourth-order valence-electron chi connectivity index (χ4n) is 8.00. The molecule has 0 bridgehead atoms. The van der Waals surface area contributed by atoms with Crippen molar-refractivity contribution >= 4 is 5.91 Å². The van der Waals surface area contributed by atoms with Crippen molar-refractivity contribution < 1.29 is 39.8 Å². The van der Waals surface area contributed by atoms with Gasteiger partial charge in [0.2, 0.25) is 0 Å². The van der Waals surface area contributed by atoms with E-state index in [1.807, 2.05) is 0 Å². The lowest BCUT2D eigenvalue weighted by atomic mass is 10.0. The van der Waals surface area contributed by atoms with Crippen molar-refractivity contribution in [2.24, 2.45) is 0 Å². The molecule has 0 aromatic rings. The van der Waals surface area contributed by atoms with Crippen LogP contribution in [0.3, 0.4) is 0 Å². The molecule has 0 radical (unpaired) electrons. The first kappa shape index (κ1) is 58.2. The maximum Gasteiger partial charge on any atom is 0.253 e. The van der Waals surface area contributed by atoms with Gasteiger partial charge in [-0.15, -0.1) is 0 Å². The first-order valence-corrected chi connectivity index (χ1v) is 25.6. The molecule has 0 saturated heterocycles. The number of amides is 1. The van der Waals surface area contributed by atoms with Gasteiger partial charge in [0.1, 0.15) is 24.4 Å². The van der Waals surface area contributed by atoms with Crippen LogP contribution in [0.2, 0.25) is 0 Å². The Labute approximate surface area is 365 Å². The van der Waals surface area contributed by atoms with Crippen molar-refractivity contribution in [1.29, 1.82) is 0 Å². The second-order valence-corrected chi connectivity index (χ2v) is 18.0. The minimum atomic E-state index is -1.74. The van der Waals surface area contributed by atoms with Gasteiger partial charge in [-0.1, -0.05) is 232 Å². The zero-order valence-electron chi connectivity index (χ0n) is 39.3. The van der Waals surface area contributed by atoms with Gasteiger partial charge >= 0.3 is 0 Å². The van der Waals surface area contributed by atoms with Crippen LogP contribution in [0, 0.1) is 0 Å². The Bertz CT molecular complexity index is 850. The van der Waals surface area contributed by atoms with Gasteiger partial charge in [0.05, 0.1) is 13.2 Å². The van der Waals surface area contributed by atoms with Crippen molar-refractivity contribution in [3.05, 3.63) is 0 Å². The van der Waals surface area contributed by atoms with Crippen LogP contribution >= 0.6 is 0 Å². The standard InChI is InChI=1S/C50H101NO8/c1-4-6-8-10-12-14-16-18-20-22-23-24-25-27-29-31-33-35-37-39-41-59-47(50(57)51(3)42-45(53)48(55)49(56)46(54)43-52)44-58-40-38-36-34-32-30-28-26-21-19-17-15-13-11-9-7-5-2/h45-49,52-56H,4-44H2,1-3H3. The monoisotopic (exact) mass is 844 g/mol. The minimum Gasteiger partial charge on any atom is -0.394 e. The van der Waals surface area contributed by atoms with Crippen molar-refractivity contribution in [3.8, 4) is 0 Å². The Morgan fingerprint density at radius 2 is 0.729 bits per heavy atom. The van der Waals surface area contributed by atoms with Crippen molar-refractivity contribution in [2.45, 2.75) is 276 Å². The normalized spacial score (nSPS) is 14.4. The van der Waals surface area contributed by atoms with Crippen molar-refractivity contribution in [3.63, 3.8) is 0 Å². The summed E-state index contributed by atoms with van der Waals surface area (Å²) in [5.41, 5.74) is 0. The van der Waals surface area contributed by atoms with E-state index in [0.29, 0.717) is 13.2 Å². The van der Waals surface area contributed by atoms with Crippen LogP contribution in [-0.2, 0) is 14.3 Å². The molecule has 0 rings (SSSR count). The highest BCUT2D eigenvalue weighted by atomic mass is 16.5. The second kappa shape index (κ2) is 45.2. The van der Waals surface area contributed by atoms with Crippen LogP contribution in [0.25, 0.3) is 0 Å². The first-order valence-electron chi connectivity index (χ1n) is 25.6. The van der Waals surface area contributed by atoms with Gasteiger partial charge in [-0.25, -0.2) is 0 Å². The lowest BCUT2D eigenvalue weighted by molar-refractivity contribution is -0.152. The molecule has 0 aromatic heterocycles. The number of carbonyl (C=O) groups is 1. The third-order valence-corrected chi connectivity index (χ3v) is 12.2. The molecule has 5 N–H and O–H groups in total. The molecule has 9 heteroatoms. The fourth-order valence-corrected chi connectivity index (χ4v) is 8.00. The predicted octanol–water partition coefficient (Wildman–Crippen LogP) is 11.4. The minimum absolute atomic E-state index is 0.117. The van der Waals surface area contributed by atoms with Gasteiger partial charge in [0.25, 0.3) is 5.91 Å². The first-order chi connectivity index (χ1) is 28.8. The van der Waals surface area contributed by atoms with E-state index in [-0.39, 0.29) is 19.1 Å². The quantitative estimate of drug-likeness (QED) is 0.0382. The zero-order valence-corrected chi connectivity index (χ0v) is 39.3. The maximum atomic E-state index is 13.4. The van der Waals surface area contributed by atoms with Gasteiger partial charge in [-0.2, -0.15) is 0 Å². The largest absolute Gasteiger partial charge is 0.394 e. The van der Waals surface area contributed by atoms with Gasteiger partial charge in [0.15, 0.2) is 6.10 Å². The van der Waals surface area contributed by atoms with Gasteiger partial charge in [-0.05, 0) is 12.8 Å². The molecule has 0 aromatic carbocycles. The number of ether oxygens (including phenoxy) is 2. The summed E-state index contributed by atoms with van der Waals surface area (Å²) in [5.74, 6) is -0.367. The molecule has 0 aliphatic heterocycles. The van der Waals surface area contributed by atoms with Crippen molar-refractivity contribution in [1.82, 2.24) is 4.90 Å². The number of aliphatic hydroxyl groups excluding tert-OH is 5. The van der Waals surface area contributed by atoms with Crippen LogP contribution in [0.4, 0.5) is 0 Å². The molecule has 0 aliphatic carbocycles. The average Bonchev–Trinajstić information content (AvgIpc) is 3.24. The molecule has 59 heavy (non-hydrogen) atoms. The summed E-state index contributed by atoms with van der Waals surface area (Å²) >= 11 is 0. The van der Waals surface area contributed by atoms with Crippen LogP contribution in [0.5, 0.6) is 0 Å². The molecule has 0 aliphatic rings. The fraction of sp³-hybridized carbons (Fsp3) is 0.980. The van der Waals surface area contributed by atoms with Crippen LogP contribution < -0.4 is 0 Å². The van der Waals surface area contributed by atoms with E-state index in [1.54, 1.807) is 0 Å². The van der Waals surface area contributed by atoms with E-state index in [4.69, 9.17) is 14.6 Å². The third kappa shape index (κ3) is 37.5. The Morgan fingerprint density at radius 3 is 1.05 bits per heavy atom. The molecule has 5 unspecified atom stereocenters. The number of likely N-dealkylation sites (N-methyl/N-ethyl adjacent to an activating group) is 1. The van der Waals surface area contributed by atoms with E-state index in [1.165, 1.54) is 211 Å². The smallest absolute Gasteiger partial charge is 0.253 e. The van der Waals surface area contributed by atoms with Crippen LogP contribution in [0.15, 0.2) is 0 Å². The molecule has 0 spiro atoms. The molecule has 1 amide bonds. The number of unbranched alkanes of at least 4 members (excludes halogenated alkanes) is 34. The summed E-state index contributed by atoms with van der Waals surface area (Å²) in [6.45, 7) is 4.64. The van der Waals surface area contributed by atoms with E-state index in [2.05, 4.69) is 13.8 Å². The Hall–Kier alpha value is -0.810. The highest BCUT2D eigenvalue weighted by molar-refractivity contribution is 5.80. The average molecular weight is 844 g/mol. The highest BCUT2D eigenvalue weighted by Crippen LogP contribution is 2.17. The summed E-state index contributed by atoms with van der Waals surface area (Å²) in [4.78, 5) is 14.7. The molecular weight excluding hydrogens is 743 g/mol. The lowest BCUT2D eigenvalue weighted by Crippen LogP contribution is -2.51. The van der Waals surface area contributed by atoms with Gasteiger partial charge in [0, 0.05) is 26.8 Å². The molecule has 354 valence electrons. The Kier molecular flexibility index (Phi) is 44.6. The lowest BCUT2D eigenvalue weighted by Gasteiger charge is -2.30. The molecule has 9 nitrogen and oxygen atoms in total. The van der Waals surface area contributed by atoms with E-state index < -0.39 is 37.1 Å². The van der Waals surface area contributed by atoms with E-state index in [9.17, 15) is 25.2 Å². The van der Waals surface area contributed by atoms with Crippen LogP contribution in [0.1, 0.15) is 245 Å². The topological polar surface area (TPSA) is 140 Å². The number of hydrogen-bond donors (Lipinski definition) is 5. The second-order valence-electron chi connectivity index (χ2n) is 18.0. The number of carbonyl (C=O) groups excluding carboxylic acids is 1. The van der Waals surface area contributed by atoms with Gasteiger partial charge in [-0.3, -0.25) is 4.79 Å². The summed E-state index contributed by atoms with van der Waals surface area (Å²) in [7, 11) is 1.51. The summed E-state index contributed by atoms with van der Waals surface area (Å²) in [6.07, 6.45) is 39.9. The summed E-state index contributed by atoms with van der Waals surface area (Å²) in [6, 6.07) is 0. The zero-order chi connectivity index (χ0) is 43.4. The van der Waals surface area contributed by atoms with Crippen molar-refractivity contribution in [2.75, 3.05) is 40.0 Å². The molecular formula is C50H101NO8. The summed E-state index contributed by atoms with van der Waals surface area (Å²) in [5, 5.41) is 49.5. The number of aliphatic hydroxyl groups is 5. The number of hydrogen-bond acceptors (Lipinski definition) is 8. The molecule has 0 fully saturated rings. The molecule has 0 heterocycles. The number of nitrogens with zero attached hydrogens (tertiary/aromatic N) is 1. The Morgan fingerprint density at radius 1 is 0.441 bits per heavy atom. The third-order valence-electron chi connectivity index (χ3n) is 12.2.